The van der Waals surface area contributed by atoms with Gasteiger partial charge in [0.1, 0.15) is 0 Å². The van der Waals surface area contributed by atoms with Gasteiger partial charge >= 0.3 is 0 Å². The molecule has 1 rings (SSSR count). The van der Waals surface area contributed by atoms with Gasteiger partial charge in [0.25, 0.3) is 0 Å². The summed E-state index contributed by atoms with van der Waals surface area (Å²) in [6, 6.07) is 0.747. The predicted molar refractivity (Wildman–Crippen MR) is 58.9 cm³/mol. The van der Waals surface area contributed by atoms with Crippen molar-refractivity contribution in [3.63, 3.8) is 0 Å². The van der Waals surface area contributed by atoms with Crippen LogP contribution in [0.1, 0.15) is 53.4 Å². The van der Waals surface area contributed by atoms with Gasteiger partial charge in [-0.2, -0.15) is 0 Å². The molecule has 1 aliphatic rings. The number of rotatable bonds is 6. The molecule has 0 radical (unpaired) electrons. The Bertz CT molecular complexity index is 143. The Labute approximate surface area is 83.3 Å². The Balaban J connectivity index is 2.25. The van der Waals surface area contributed by atoms with Gasteiger partial charge in [-0.1, -0.05) is 27.7 Å². The normalized spacial score (nSPS) is 19.8. The van der Waals surface area contributed by atoms with Gasteiger partial charge < -0.3 is 5.32 Å². The minimum atomic E-state index is 0.669. The van der Waals surface area contributed by atoms with Crippen LogP contribution in [-0.2, 0) is 0 Å². The van der Waals surface area contributed by atoms with E-state index < -0.39 is 0 Å². The molecule has 0 heterocycles. The van der Waals surface area contributed by atoms with Crippen molar-refractivity contribution in [1.82, 2.24) is 5.32 Å². The largest absolute Gasteiger partial charge is 0.313 e. The molecular weight excluding hydrogens is 158 g/mol. The standard InChI is InChI=1S/C12H25N/c1-5-11(6-2)13-9-12(7-8-12)10(3)4/h10-11,13H,5-9H2,1-4H3. The first-order valence-electron chi connectivity index (χ1n) is 5.88. The maximum atomic E-state index is 3.70. The van der Waals surface area contributed by atoms with E-state index in [4.69, 9.17) is 0 Å². The van der Waals surface area contributed by atoms with Crippen LogP contribution < -0.4 is 5.32 Å². The quantitative estimate of drug-likeness (QED) is 0.667. The Kier molecular flexibility index (Phi) is 3.78. The van der Waals surface area contributed by atoms with Gasteiger partial charge in [0.2, 0.25) is 0 Å². The second kappa shape index (κ2) is 4.45. The van der Waals surface area contributed by atoms with Gasteiger partial charge in [-0.3, -0.25) is 0 Å². The second-order valence-corrected chi connectivity index (χ2v) is 4.91. The molecule has 0 amide bonds. The summed E-state index contributed by atoms with van der Waals surface area (Å²) in [5, 5.41) is 3.70. The lowest BCUT2D eigenvalue weighted by atomic mass is 9.92. The summed E-state index contributed by atoms with van der Waals surface area (Å²) in [5.41, 5.74) is 0.669. The van der Waals surface area contributed by atoms with Crippen molar-refractivity contribution in [3.8, 4) is 0 Å². The van der Waals surface area contributed by atoms with E-state index in [1.165, 1.54) is 32.2 Å². The highest BCUT2D eigenvalue weighted by Gasteiger charge is 2.44. The lowest BCUT2D eigenvalue weighted by Gasteiger charge is -2.23. The summed E-state index contributed by atoms with van der Waals surface area (Å²) in [6.07, 6.45) is 5.42. The molecule has 1 fully saturated rings. The Hall–Kier alpha value is -0.0400. The van der Waals surface area contributed by atoms with E-state index in [9.17, 15) is 0 Å². The highest BCUT2D eigenvalue weighted by Crippen LogP contribution is 2.51. The van der Waals surface area contributed by atoms with E-state index in [1.807, 2.05) is 0 Å². The Morgan fingerprint density at radius 1 is 1.15 bits per heavy atom. The third kappa shape index (κ3) is 2.70. The van der Waals surface area contributed by atoms with Crippen LogP contribution in [0.5, 0.6) is 0 Å². The van der Waals surface area contributed by atoms with Crippen LogP contribution in [0.2, 0.25) is 0 Å². The Morgan fingerprint density at radius 2 is 1.69 bits per heavy atom. The average molecular weight is 183 g/mol. The summed E-state index contributed by atoms with van der Waals surface area (Å²) in [6.45, 7) is 10.5. The minimum Gasteiger partial charge on any atom is -0.313 e. The molecule has 1 heteroatoms. The predicted octanol–water partition coefficient (Wildman–Crippen LogP) is 3.20. The summed E-state index contributed by atoms with van der Waals surface area (Å²) < 4.78 is 0. The molecule has 0 unspecified atom stereocenters. The molecule has 1 nitrogen and oxygen atoms in total. The number of nitrogens with one attached hydrogen (secondary N) is 1. The minimum absolute atomic E-state index is 0.669. The van der Waals surface area contributed by atoms with Crippen LogP contribution in [0.4, 0.5) is 0 Å². The van der Waals surface area contributed by atoms with Crippen LogP contribution in [0.15, 0.2) is 0 Å². The van der Waals surface area contributed by atoms with Crippen molar-refractivity contribution >= 4 is 0 Å². The van der Waals surface area contributed by atoms with Gasteiger partial charge in [0, 0.05) is 12.6 Å². The molecule has 0 aromatic heterocycles. The lowest BCUT2D eigenvalue weighted by molar-refractivity contribution is 0.314. The molecule has 0 spiro atoms. The maximum absolute atomic E-state index is 3.70. The molecule has 78 valence electrons. The van der Waals surface area contributed by atoms with E-state index in [2.05, 4.69) is 33.0 Å². The highest BCUT2D eigenvalue weighted by atomic mass is 14.9. The highest BCUT2D eigenvalue weighted by molar-refractivity contribution is 4.97. The fourth-order valence-electron chi connectivity index (χ4n) is 2.04. The van der Waals surface area contributed by atoms with Crippen molar-refractivity contribution in [1.29, 1.82) is 0 Å². The molecule has 0 atom stereocenters. The summed E-state index contributed by atoms with van der Waals surface area (Å²) in [5.74, 6) is 0.856. The summed E-state index contributed by atoms with van der Waals surface area (Å²) >= 11 is 0. The zero-order valence-corrected chi connectivity index (χ0v) is 9.69. The molecule has 1 N–H and O–H groups in total. The number of hydrogen-bond donors (Lipinski definition) is 1. The van der Waals surface area contributed by atoms with E-state index in [-0.39, 0.29) is 0 Å². The van der Waals surface area contributed by atoms with Crippen LogP contribution >= 0.6 is 0 Å². The van der Waals surface area contributed by atoms with Crippen molar-refractivity contribution in [2.45, 2.75) is 59.4 Å². The zero-order chi connectivity index (χ0) is 9.90. The third-order valence-corrected chi connectivity index (χ3v) is 3.85. The third-order valence-electron chi connectivity index (χ3n) is 3.85. The first kappa shape index (κ1) is 11.0. The van der Waals surface area contributed by atoms with Crippen molar-refractivity contribution in [2.75, 3.05) is 6.54 Å². The van der Waals surface area contributed by atoms with E-state index in [0.717, 1.165) is 12.0 Å². The van der Waals surface area contributed by atoms with Crippen molar-refractivity contribution in [3.05, 3.63) is 0 Å². The van der Waals surface area contributed by atoms with Crippen LogP contribution in [0.25, 0.3) is 0 Å². The number of hydrogen-bond acceptors (Lipinski definition) is 1. The maximum Gasteiger partial charge on any atom is 0.00620 e. The first-order chi connectivity index (χ1) is 6.14. The van der Waals surface area contributed by atoms with Gasteiger partial charge in [-0.25, -0.2) is 0 Å². The Morgan fingerprint density at radius 3 is 2.00 bits per heavy atom. The van der Waals surface area contributed by atoms with Gasteiger partial charge in [-0.05, 0) is 37.0 Å². The average Bonchev–Trinajstić information content (AvgIpc) is 2.87. The monoisotopic (exact) mass is 183 g/mol. The fraction of sp³-hybridized carbons (Fsp3) is 1.00. The SMILES string of the molecule is CCC(CC)NCC1(C(C)C)CC1. The van der Waals surface area contributed by atoms with E-state index in [0.29, 0.717) is 5.41 Å². The fourth-order valence-corrected chi connectivity index (χ4v) is 2.04. The molecule has 0 aromatic rings. The topological polar surface area (TPSA) is 12.0 Å². The van der Waals surface area contributed by atoms with Crippen LogP contribution in [0, 0.1) is 11.3 Å². The zero-order valence-electron chi connectivity index (χ0n) is 9.69. The lowest BCUT2D eigenvalue weighted by Crippen LogP contribution is -2.35. The summed E-state index contributed by atoms with van der Waals surface area (Å²) in [4.78, 5) is 0. The van der Waals surface area contributed by atoms with Crippen molar-refractivity contribution in [2.24, 2.45) is 11.3 Å². The molecule has 0 saturated heterocycles. The van der Waals surface area contributed by atoms with Gasteiger partial charge in [-0.15, -0.1) is 0 Å². The molecule has 0 aliphatic heterocycles. The van der Waals surface area contributed by atoms with E-state index >= 15 is 0 Å². The van der Waals surface area contributed by atoms with Gasteiger partial charge in [0.15, 0.2) is 0 Å². The first-order valence-corrected chi connectivity index (χ1v) is 5.88. The summed E-state index contributed by atoms with van der Waals surface area (Å²) in [7, 11) is 0. The smallest absolute Gasteiger partial charge is 0.00620 e. The van der Waals surface area contributed by atoms with Crippen molar-refractivity contribution < 1.29 is 0 Å². The van der Waals surface area contributed by atoms with E-state index in [1.54, 1.807) is 0 Å². The molecule has 1 saturated carbocycles. The van der Waals surface area contributed by atoms with Crippen LogP contribution in [0.3, 0.4) is 0 Å². The molecular formula is C12H25N. The van der Waals surface area contributed by atoms with Gasteiger partial charge in [0.05, 0.1) is 0 Å². The molecule has 0 bridgehead atoms. The van der Waals surface area contributed by atoms with Crippen LogP contribution in [-0.4, -0.2) is 12.6 Å². The molecule has 1 aliphatic carbocycles. The molecule has 0 aromatic carbocycles. The second-order valence-electron chi connectivity index (χ2n) is 4.91. The molecule has 13 heavy (non-hydrogen) atoms.